The summed E-state index contributed by atoms with van der Waals surface area (Å²) >= 11 is 1.64. The fourth-order valence-electron chi connectivity index (χ4n) is 1.87. The van der Waals surface area contributed by atoms with E-state index in [0.29, 0.717) is 0 Å². The first kappa shape index (κ1) is 12.9. The van der Waals surface area contributed by atoms with Crippen LogP contribution >= 0.6 is 11.8 Å². The van der Waals surface area contributed by atoms with E-state index in [1.54, 1.807) is 11.8 Å². The molecule has 0 spiro atoms. The van der Waals surface area contributed by atoms with Crippen LogP contribution in [0.5, 0.6) is 0 Å². The van der Waals surface area contributed by atoms with Crippen LogP contribution in [0.2, 0.25) is 0 Å². The summed E-state index contributed by atoms with van der Waals surface area (Å²) in [7, 11) is 0. The molecule has 100 valence electrons. The van der Waals surface area contributed by atoms with Crippen molar-refractivity contribution in [2.45, 2.75) is 17.8 Å². The minimum Gasteiger partial charge on any atom is -0.258 e. The lowest BCUT2D eigenvalue weighted by Crippen LogP contribution is -1.82. The molecule has 0 aliphatic heterocycles. The van der Waals surface area contributed by atoms with E-state index < -0.39 is 0 Å². The quantitative estimate of drug-likeness (QED) is 0.733. The molecular weight excluding hydrogens is 266 g/mol. The van der Waals surface area contributed by atoms with Gasteiger partial charge in [-0.25, -0.2) is 4.98 Å². The molecule has 0 aliphatic carbocycles. The Morgan fingerprint density at radius 2 is 1.75 bits per heavy atom. The van der Waals surface area contributed by atoms with Crippen molar-refractivity contribution >= 4 is 11.8 Å². The summed E-state index contributed by atoms with van der Waals surface area (Å²) < 4.78 is 0. The van der Waals surface area contributed by atoms with E-state index in [1.165, 1.54) is 11.1 Å². The van der Waals surface area contributed by atoms with Crippen LogP contribution < -0.4 is 0 Å². The average molecular weight is 281 g/mol. The minimum absolute atomic E-state index is 0.782. The van der Waals surface area contributed by atoms with E-state index in [1.807, 2.05) is 30.3 Å². The van der Waals surface area contributed by atoms with Crippen molar-refractivity contribution in [1.82, 2.24) is 15.2 Å². The molecule has 1 N–H and O–H groups in total. The third kappa shape index (κ3) is 3.08. The molecule has 0 saturated carbocycles. The Labute approximate surface area is 122 Å². The molecule has 1 aromatic heterocycles. The number of rotatable bonds is 4. The average Bonchev–Trinajstić information content (AvgIpc) is 2.97. The number of aromatic nitrogens is 3. The number of benzene rings is 2. The van der Waals surface area contributed by atoms with Crippen molar-refractivity contribution in [2.75, 3.05) is 0 Å². The Morgan fingerprint density at radius 3 is 2.50 bits per heavy atom. The Balaban J connectivity index is 1.67. The summed E-state index contributed by atoms with van der Waals surface area (Å²) in [5.74, 6) is 1.70. The first-order valence-electron chi connectivity index (χ1n) is 6.47. The highest BCUT2D eigenvalue weighted by atomic mass is 32.2. The van der Waals surface area contributed by atoms with Gasteiger partial charge in [-0.3, -0.25) is 5.10 Å². The molecule has 2 aromatic carbocycles. The molecule has 0 unspecified atom stereocenters. The zero-order valence-corrected chi connectivity index (χ0v) is 12.0. The van der Waals surface area contributed by atoms with Gasteiger partial charge < -0.3 is 0 Å². The van der Waals surface area contributed by atoms with Crippen LogP contribution in [-0.4, -0.2) is 15.2 Å². The molecule has 0 bridgehead atoms. The van der Waals surface area contributed by atoms with Crippen LogP contribution in [-0.2, 0) is 5.75 Å². The second-order valence-corrected chi connectivity index (χ2v) is 5.55. The minimum atomic E-state index is 0.782. The molecule has 20 heavy (non-hydrogen) atoms. The van der Waals surface area contributed by atoms with Gasteiger partial charge in [0.2, 0.25) is 5.16 Å². The van der Waals surface area contributed by atoms with E-state index in [0.717, 1.165) is 22.3 Å². The van der Waals surface area contributed by atoms with E-state index in [-0.39, 0.29) is 0 Å². The summed E-state index contributed by atoms with van der Waals surface area (Å²) in [5, 5.41) is 8.02. The predicted octanol–water partition coefficient (Wildman–Crippen LogP) is 4.07. The Kier molecular flexibility index (Phi) is 3.83. The van der Waals surface area contributed by atoms with Gasteiger partial charge in [0.25, 0.3) is 0 Å². The summed E-state index contributed by atoms with van der Waals surface area (Å²) in [6.45, 7) is 2.10. The van der Waals surface area contributed by atoms with Crippen molar-refractivity contribution in [2.24, 2.45) is 0 Å². The lowest BCUT2D eigenvalue weighted by molar-refractivity contribution is 0.973. The zero-order valence-electron chi connectivity index (χ0n) is 11.2. The van der Waals surface area contributed by atoms with Crippen LogP contribution in [0.25, 0.3) is 11.4 Å². The van der Waals surface area contributed by atoms with Gasteiger partial charge in [-0.2, -0.15) is 0 Å². The lowest BCUT2D eigenvalue weighted by Gasteiger charge is -1.99. The number of thioether (sulfide) groups is 1. The standard InChI is InChI=1S/C16H15N3S/c1-12-7-9-13(10-8-12)11-20-16-17-15(18-19-16)14-5-3-2-4-6-14/h2-10H,11H2,1H3,(H,17,18,19). The van der Waals surface area contributed by atoms with Crippen LogP contribution in [0.4, 0.5) is 0 Å². The van der Waals surface area contributed by atoms with Crippen LogP contribution in [0, 0.1) is 6.92 Å². The maximum atomic E-state index is 4.51. The number of hydrogen-bond donors (Lipinski definition) is 1. The van der Waals surface area contributed by atoms with Crippen molar-refractivity contribution in [3.63, 3.8) is 0 Å². The van der Waals surface area contributed by atoms with Gasteiger partial charge in [-0.15, -0.1) is 5.10 Å². The number of H-pyrrole nitrogens is 1. The highest BCUT2D eigenvalue weighted by Crippen LogP contribution is 2.22. The SMILES string of the molecule is Cc1ccc(CSc2n[nH]c(-c3ccccc3)n2)cc1. The van der Waals surface area contributed by atoms with E-state index in [4.69, 9.17) is 0 Å². The zero-order chi connectivity index (χ0) is 13.8. The van der Waals surface area contributed by atoms with Gasteiger partial charge >= 0.3 is 0 Å². The molecule has 3 rings (SSSR count). The summed E-state index contributed by atoms with van der Waals surface area (Å²) in [4.78, 5) is 4.51. The summed E-state index contributed by atoms with van der Waals surface area (Å²) in [6, 6.07) is 18.6. The molecule has 0 atom stereocenters. The number of aryl methyl sites for hydroxylation is 1. The molecule has 0 aliphatic rings. The van der Waals surface area contributed by atoms with Gasteiger partial charge in [0.1, 0.15) is 0 Å². The number of hydrogen-bond acceptors (Lipinski definition) is 3. The molecule has 1 heterocycles. The van der Waals surface area contributed by atoms with Crippen LogP contribution in [0.3, 0.4) is 0 Å². The number of nitrogens with one attached hydrogen (secondary N) is 1. The first-order valence-corrected chi connectivity index (χ1v) is 7.46. The molecule has 0 amide bonds. The molecule has 3 nitrogen and oxygen atoms in total. The fourth-order valence-corrected chi connectivity index (χ4v) is 2.62. The predicted molar refractivity (Wildman–Crippen MR) is 82.6 cm³/mol. The first-order chi connectivity index (χ1) is 9.81. The van der Waals surface area contributed by atoms with Crippen molar-refractivity contribution in [3.05, 3.63) is 65.7 Å². The van der Waals surface area contributed by atoms with Crippen molar-refractivity contribution in [3.8, 4) is 11.4 Å². The summed E-state index contributed by atoms with van der Waals surface area (Å²) in [6.07, 6.45) is 0. The number of nitrogens with zero attached hydrogens (tertiary/aromatic N) is 2. The van der Waals surface area contributed by atoms with Crippen LogP contribution in [0.15, 0.2) is 59.8 Å². The largest absolute Gasteiger partial charge is 0.258 e. The van der Waals surface area contributed by atoms with E-state index >= 15 is 0 Å². The smallest absolute Gasteiger partial charge is 0.209 e. The maximum Gasteiger partial charge on any atom is 0.209 e. The highest BCUT2D eigenvalue weighted by molar-refractivity contribution is 7.98. The highest BCUT2D eigenvalue weighted by Gasteiger charge is 2.05. The third-order valence-electron chi connectivity index (χ3n) is 3.00. The van der Waals surface area contributed by atoms with Gasteiger partial charge in [0.15, 0.2) is 5.82 Å². The van der Waals surface area contributed by atoms with Gasteiger partial charge in [0, 0.05) is 11.3 Å². The monoisotopic (exact) mass is 281 g/mol. The Morgan fingerprint density at radius 1 is 1.00 bits per heavy atom. The fraction of sp³-hybridized carbons (Fsp3) is 0.125. The third-order valence-corrected chi connectivity index (χ3v) is 3.92. The van der Waals surface area contributed by atoms with Crippen LogP contribution in [0.1, 0.15) is 11.1 Å². The normalized spacial score (nSPS) is 10.7. The van der Waals surface area contributed by atoms with Gasteiger partial charge in [0.05, 0.1) is 0 Å². The second-order valence-electron chi connectivity index (χ2n) is 4.61. The Hall–Kier alpha value is -2.07. The second kappa shape index (κ2) is 5.92. The molecule has 0 fully saturated rings. The Bertz CT molecular complexity index is 674. The lowest BCUT2D eigenvalue weighted by atomic mass is 10.2. The number of aromatic amines is 1. The molecular formula is C16H15N3S. The maximum absolute atomic E-state index is 4.51. The topological polar surface area (TPSA) is 41.6 Å². The molecule has 0 saturated heterocycles. The van der Waals surface area contributed by atoms with Gasteiger partial charge in [-0.1, -0.05) is 71.9 Å². The molecule has 3 aromatic rings. The van der Waals surface area contributed by atoms with Crippen molar-refractivity contribution in [1.29, 1.82) is 0 Å². The van der Waals surface area contributed by atoms with Crippen molar-refractivity contribution < 1.29 is 0 Å². The summed E-state index contributed by atoms with van der Waals surface area (Å²) in [5.41, 5.74) is 3.62. The molecule has 0 radical (unpaired) electrons. The molecule has 4 heteroatoms. The van der Waals surface area contributed by atoms with E-state index in [9.17, 15) is 0 Å². The van der Waals surface area contributed by atoms with Gasteiger partial charge in [-0.05, 0) is 12.5 Å². The van der Waals surface area contributed by atoms with E-state index in [2.05, 4.69) is 46.4 Å².